The zero-order valence-electron chi connectivity index (χ0n) is 9.70. The van der Waals surface area contributed by atoms with Crippen molar-refractivity contribution in [3.63, 3.8) is 0 Å². The minimum atomic E-state index is -2.50. The molecule has 0 aromatic carbocycles. The number of aliphatic hydroxyl groups excluding tert-OH is 1. The highest BCUT2D eigenvalue weighted by molar-refractivity contribution is 5.76. The third-order valence-electron chi connectivity index (χ3n) is 2.79. The molecule has 17 heavy (non-hydrogen) atoms. The van der Waals surface area contributed by atoms with Crippen LogP contribution in [0, 0.1) is 0 Å². The summed E-state index contributed by atoms with van der Waals surface area (Å²) in [5.74, 6) is -0.259. The van der Waals surface area contributed by atoms with Crippen LogP contribution in [-0.4, -0.2) is 42.8 Å². The Morgan fingerprint density at radius 1 is 1.41 bits per heavy atom. The molecule has 0 radical (unpaired) electrons. The number of ether oxygens (including phenoxy) is 1. The molecule has 6 heteroatoms. The van der Waals surface area contributed by atoms with E-state index >= 15 is 0 Å². The highest BCUT2D eigenvalue weighted by Gasteiger charge is 2.24. The van der Waals surface area contributed by atoms with E-state index in [1.807, 2.05) is 0 Å². The zero-order chi connectivity index (χ0) is 12.7. The lowest BCUT2D eigenvalue weighted by atomic mass is 9.92. The molecule has 0 spiro atoms. The average molecular weight is 251 g/mol. The minimum Gasteiger partial charge on any atom is -0.391 e. The van der Waals surface area contributed by atoms with Gasteiger partial charge in [-0.25, -0.2) is 8.78 Å². The van der Waals surface area contributed by atoms with E-state index in [2.05, 4.69) is 10.1 Å². The van der Waals surface area contributed by atoms with Gasteiger partial charge in [0.2, 0.25) is 5.91 Å². The molecule has 1 aliphatic rings. The highest BCUT2D eigenvalue weighted by Crippen LogP contribution is 2.18. The van der Waals surface area contributed by atoms with Crippen molar-refractivity contribution in [1.29, 1.82) is 0 Å². The van der Waals surface area contributed by atoms with Gasteiger partial charge in [-0.3, -0.25) is 4.79 Å². The largest absolute Gasteiger partial charge is 0.391 e. The maximum atomic E-state index is 11.7. The molecule has 2 N–H and O–H groups in total. The van der Waals surface area contributed by atoms with Gasteiger partial charge in [0.25, 0.3) is 6.43 Å². The summed E-state index contributed by atoms with van der Waals surface area (Å²) in [5, 5.41) is 12.3. The molecular formula is C11H19F2NO3. The Labute approximate surface area is 99.3 Å². The van der Waals surface area contributed by atoms with Crippen LogP contribution in [0.1, 0.15) is 32.1 Å². The first kappa shape index (κ1) is 14.3. The molecule has 1 aliphatic carbocycles. The van der Waals surface area contributed by atoms with E-state index in [-0.39, 0.29) is 25.0 Å². The maximum absolute atomic E-state index is 11.7. The topological polar surface area (TPSA) is 58.6 Å². The van der Waals surface area contributed by atoms with E-state index in [0.29, 0.717) is 6.42 Å². The first-order valence-corrected chi connectivity index (χ1v) is 5.93. The van der Waals surface area contributed by atoms with Crippen molar-refractivity contribution >= 4 is 5.91 Å². The van der Waals surface area contributed by atoms with E-state index in [4.69, 9.17) is 0 Å². The molecule has 0 unspecified atom stereocenters. The van der Waals surface area contributed by atoms with Gasteiger partial charge in [0.1, 0.15) is 6.61 Å². The molecule has 0 bridgehead atoms. The molecule has 4 nitrogen and oxygen atoms in total. The summed E-state index contributed by atoms with van der Waals surface area (Å²) in [7, 11) is 0. The van der Waals surface area contributed by atoms with Crippen molar-refractivity contribution in [2.45, 2.75) is 50.7 Å². The minimum absolute atomic E-state index is 0.0149. The molecule has 2 atom stereocenters. The highest BCUT2D eigenvalue weighted by atomic mass is 19.3. The van der Waals surface area contributed by atoms with Crippen LogP contribution in [0.25, 0.3) is 0 Å². The maximum Gasteiger partial charge on any atom is 0.261 e. The normalized spacial score (nSPS) is 24.9. The standard InChI is InChI=1S/C11H19F2NO3/c12-10(13)7-17-6-5-11(16)14-8-3-1-2-4-9(8)15/h8-10,15H,1-7H2,(H,14,16)/t8-,9-/m0/s1. The summed E-state index contributed by atoms with van der Waals surface area (Å²) in [6.45, 7) is -0.654. The van der Waals surface area contributed by atoms with Gasteiger partial charge in [-0.1, -0.05) is 12.8 Å². The van der Waals surface area contributed by atoms with Crippen molar-refractivity contribution in [3.05, 3.63) is 0 Å². The summed E-state index contributed by atoms with van der Waals surface area (Å²) in [4.78, 5) is 11.4. The van der Waals surface area contributed by atoms with Crippen LogP contribution >= 0.6 is 0 Å². The molecule has 100 valence electrons. The van der Waals surface area contributed by atoms with Crippen LogP contribution in [0.15, 0.2) is 0 Å². The quantitative estimate of drug-likeness (QED) is 0.694. The number of nitrogens with one attached hydrogen (secondary N) is 1. The Hall–Kier alpha value is -0.750. The number of halogens is 2. The molecule has 1 amide bonds. The summed E-state index contributed by atoms with van der Waals surface area (Å²) in [6.07, 6.45) is 0.496. The van der Waals surface area contributed by atoms with Crippen molar-refractivity contribution in [2.75, 3.05) is 13.2 Å². The van der Waals surface area contributed by atoms with Crippen LogP contribution in [0.2, 0.25) is 0 Å². The lowest BCUT2D eigenvalue weighted by molar-refractivity contribution is -0.124. The first-order chi connectivity index (χ1) is 8.09. The number of carbonyl (C=O) groups is 1. The molecule has 0 aromatic heterocycles. The fourth-order valence-electron chi connectivity index (χ4n) is 1.90. The molecule has 0 heterocycles. The number of hydrogen-bond donors (Lipinski definition) is 2. The van der Waals surface area contributed by atoms with E-state index in [1.165, 1.54) is 0 Å². The lowest BCUT2D eigenvalue weighted by Gasteiger charge is -2.28. The van der Waals surface area contributed by atoms with Crippen LogP contribution in [0.5, 0.6) is 0 Å². The Morgan fingerprint density at radius 2 is 2.12 bits per heavy atom. The van der Waals surface area contributed by atoms with Crippen molar-refractivity contribution in [3.8, 4) is 0 Å². The monoisotopic (exact) mass is 251 g/mol. The number of rotatable bonds is 6. The SMILES string of the molecule is O=C(CCOCC(F)F)N[C@H]1CCCC[C@@H]1O. The second-order valence-electron chi connectivity index (χ2n) is 4.24. The van der Waals surface area contributed by atoms with Gasteiger partial charge >= 0.3 is 0 Å². The van der Waals surface area contributed by atoms with Gasteiger partial charge in [0.15, 0.2) is 0 Å². The van der Waals surface area contributed by atoms with Gasteiger partial charge < -0.3 is 15.2 Å². The van der Waals surface area contributed by atoms with E-state index in [9.17, 15) is 18.7 Å². The van der Waals surface area contributed by atoms with Crippen molar-refractivity contribution < 1.29 is 23.4 Å². The predicted molar refractivity (Wildman–Crippen MR) is 57.8 cm³/mol. The van der Waals surface area contributed by atoms with Crippen molar-refractivity contribution in [2.24, 2.45) is 0 Å². The van der Waals surface area contributed by atoms with Gasteiger partial charge in [-0.15, -0.1) is 0 Å². The number of amides is 1. The second-order valence-corrected chi connectivity index (χ2v) is 4.24. The molecule has 1 saturated carbocycles. The molecule has 1 rings (SSSR count). The summed E-state index contributed by atoms with van der Waals surface area (Å²) >= 11 is 0. The Kier molecular flexibility index (Phi) is 6.36. The van der Waals surface area contributed by atoms with E-state index < -0.39 is 19.1 Å². The number of alkyl halides is 2. The van der Waals surface area contributed by atoms with Crippen LogP contribution in [0.3, 0.4) is 0 Å². The zero-order valence-corrected chi connectivity index (χ0v) is 9.70. The van der Waals surface area contributed by atoms with Crippen LogP contribution < -0.4 is 5.32 Å². The third kappa shape index (κ3) is 5.93. The fourth-order valence-corrected chi connectivity index (χ4v) is 1.90. The average Bonchev–Trinajstić information content (AvgIpc) is 2.27. The summed E-state index contributed by atoms with van der Waals surface area (Å²) < 4.78 is 28.1. The van der Waals surface area contributed by atoms with Crippen molar-refractivity contribution in [1.82, 2.24) is 5.32 Å². The fraction of sp³-hybridized carbons (Fsp3) is 0.909. The van der Waals surface area contributed by atoms with E-state index in [1.54, 1.807) is 0 Å². The third-order valence-corrected chi connectivity index (χ3v) is 2.79. The van der Waals surface area contributed by atoms with E-state index in [0.717, 1.165) is 19.3 Å². The Morgan fingerprint density at radius 3 is 2.76 bits per heavy atom. The predicted octanol–water partition coefficient (Wildman–Crippen LogP) is 1.08. The molecule has 0 saturated heterocycles. The molecule has 1 fully saturated rings. The molecular weight excluding hydrogens is 232 g/mol. The van der Waals surface area contributed by atoms with Gasteiger partial charge in [0, 0.05) is 6.42 Å². The second kappa shape index (κ2) is 7.55. The van der Waals surface area contributed by atoms with Gasteiger partial charge in [0.05, 0.1) is 18.8 Å². The van der Waals surface area contributed by atoms with Gasteiger partial charge in [-0.2, -0.15) is 0 Å². The summed E-state index contributed by atoms with van der Waals surface area (Å²) in [6, 6.07) is -0.202. The van der Waals surface area contributed by atoms with Gasteiger partial charge in [-0.05, 0) is 12.8 Å². The lowest BCUT2D eigenvalue weighted by Crippen LogP contribution is -2.45. The summed E-state index contributed by atoms with van der Waals surface area (Å²) in [5.41, 5.74) is 0. The number of aliphatic hydroxyl groups is 1. The smallest absolute Gasteiger partial charge is 0.261 e. The number of carbonyl (C=O) groups excluding carboxylic acids is 1. The first-order valence-electron chi connectivity index (χ1n) is 5.93. The van der Waals surface area contributed by atoms with Crippen LogP contribution in [-0.2, 0) is 9.53 Å². The Balaban J connectivity index is 2.11. The molecule has 0 aliphatic heterocycles. The number of hydrogen-bond acceptors (Lipinski definition) is 3. The van der Waals surface area contributed by atoms with Crippen LogP contribution in [0.4, 0.5) is 8.78 Å². The molecule has 0 aromatic rings. The Bertz CT molecular complexity index is 239.